The van der Waals surface area contributed by atoms with E-state index in [2.05, 4.69) is 5.32 Å². The van der Waals surface area contributed by atoms with Crippen LogP contribution in [0.5, 0.6) is 0 Å². The first kappa shape index (κ1) is 12.9. The van der Waals surface area contributed by atoms with Crippen LogP contribution in [0.15, 0.2) is 24.3 Å². The molecule has 1 aromatic carbocycles. The van der Waals surface area contributed by atoms with Crippen LogP contribution in [0.4, 0.5) is 13.2 Å². The zero-order chi connectivity index (χ0) is 13.2. The lowest BCUT2D eigenvalue weighted by Gasteiger charge is -2.13. The van der Waals surface area contributed by atoms with Crippen molar-refractivity contribution in [3.63, 3.8) is 0 Å². The van der Waals surface area contributed by atoms with Crippen molar-refractivity contribution in [1.29, 1.82) is 0 Å². The highest BCUT2D eigenvalue weighted by atomic mass is 19.4. The molecule has 0 bridgehead atoms. The molecule has 2 unspecified atom stereocenters. The Balaban J connectivity index is 2.13. The Hall–Kier alpha value is -1.52. The van der Waals surface area contributed by atoms with Gasteiger partial charge in [0, 0.05) is 6.04 Å². The number of halogens is 3. The van der Waals surface area contributed by atoms with Crippen LogP contribution in [-0.4, -0.2) is 12.5 Å². The number of carbonyl (C=O) groups is 1. The first-order valence-corrected chi connectivity index (χ1v) is 5.87. The lowest BCUT2D eigenvalue weighted by atomic mass is 9.95. The Morgan fingerprint density at radius 3 is 2.72 bits per heavy atom. The number of rotatable bonds is 3. The third-order valence-electron chi connectivity index (χ3n) is 3.42. The maximum Gasteiger partial charge on any atom is 0.416 e. The SMILES string of the molecule is O=CNC1CCC(c2cccc(C(F)(F)F)c2)C1. The number of amides is 1. The molecule has 0 heterocycles. The van der Waals surface area contributed by atoms with Crippen molar-refractivity contribution in [2.45, 2.75) is 37.4 Å². The van der Waals surface area contributed by atoms with Crippen LogP contribution in [0.2, 0.25) is 0 Å². The first-order valence-electron chi connectivity index (χ1n) is 5.87. The van der Waals surface area contributed by atoms with E-state index in [-0.39, 0.29) is 12.0 Å². The fourth-order valence-electron chi connectivity index (χ4n) is 2.50. The van der Waals surface area contributed by atoms with Gasteiger partial charge in [0.1, 0.15) is 0 Å². The Bertz CT molecular complexity index is 430. The second kappa shape index (κ2) is 5.00. The number of hydrogen-bond acceptors (Lipinski definition) is 1. The predicted octanol–water partition coefficient (Wildman–Crippen LogP) is 3.09. The van der Waals surface area contributed by atoms with Gasteiger partial charge in [-0.25, -0.2) is 0 Å². The Morgan fingerprint density at radius 1 is 1.28 bits per heavy atom. The molecule has 0 aliphatic heterocycles. The normalized spacial score (nSPS) is 23.9. The van der Waals surface area contributed by atoms with E-state index in [0.717, 1.165) is 18.9 Å². The van der Waals surface area contributed by atoms with E-state index in [1.807, 2.05) is 0 Å². The van der Waals surface area contributed by atoms with Gasteiger partial charge in [0.05, 0.1) is 5.56 Å². The largest absolute Gasteiger partial charge is 0.416 e. The van der Waals surface area contributed by atoms with E-state index >= 15 is 0 Å². The molecule has 0 aromatic heterocycles. The summed E-state index contributed by atoms with van der Waals surface area (Å²) < 4.78 is 37.8. The Morgan fingerprint density at radius 2 is 2.06 bits per heavy atom. The second-order valence-corrected chi connectivity index (χ2v) is 4.61. The van der Waals surface area contributed by atoms with Crippen molar-refractivity contribution >= 4 is 6.41 Å². The average molecular weight is 257 g/mol. The molecule has 0 saturated heterocycles. The molecule has 1 N–H and O–H groups in total. The van der Waals surface area contributed by atoms with Gasteiger partial charge in [-0.2, -0.15) is 13.2 Å². The molecule has 1 fully saturated rings. The highest BCUT2D eigenvalue weighted by Gasteiger charge is 2.32. The van der Waals surface area contributed by atoms with E-state index < -0.39 is 11.7 Å². The smallest absolute Gasteiger partial charge is 0.356 e. The van der Waals surface area contributed by atoms with Crippen molar-refractivity contribution in [1.82, 2.24) is 5.32 Å². The van der Waals surface area contributed by atoms with E-state index in [1.54, 1.807) is 6.07 Å². The van der Waals surface area contributed by atoms with Crippen LogP contribution in [-0.2, 0) is 11.0 Å². The molecule has 1 aliphatic carbocycles. The fourth-order valence-corrected chi connectivity index (χ4v) is 2.50. The van der Waals surface area contributed by atoms with Crippen molar-refractivity contribution in [2.24, 2.45) is 0 Å². The van der Waals surface area contributed by atoms with Crippen molar-refractivity contribution in [2.75, 3.05) is 0 Å². The molecular formula is C13H14F3NO. The third kappa shape index (κ3) is 2.83. The number of carbonyl (C=O) groups excluding carboxylic acids is 1. The fraction of sp³-hybridized carbons (Fsp3) is 0.462. The summed E-state index contributed by atoms with van der Waals surface area (Å²) in [4.78, 5) is 10.3. The van der Waals surface area contributed by atoms with Crippen LogP contribution < -0.4 is 5.32 Å². The van der Waals surface area contributed by atoms with Crippen LogP contribution in [0.1, 0.15) is 36.3 Å². The van der Waals surface area contributed by atoms with E-state index in [4.69, 9.17) is 0 Å². The van der Waals surface area contributed by atoms with Crippen LogP contribution in [0.3, 0.4) is 0 Å². The van der Waals surface area contributed by atoms with Gasteiger partial charge in [0.15, 0.2) is 0 Å². The highest BCUT2D eigenvalue weighted by Crippen LogP contribution is 2.37. The summed E-state index contributed by atoms with van der Waals surface area (Å²) in [6, 6.07) is 5.55. The van der Waals surface area contributed by atoms with E-state index in [9.17, 15) is 18.0 Å². The van der Waals surface area contributed by atoms with Gasteiger partial charge in [-0.15, -0.1) is 0 Å². The van der Waals surface area contributed by atoms with Gasteiger partial charge in [-0.05, 0) is 36.8 Å². The molecule has 1 amide bonds. The minimum Gasteiger partial charge on any atom is -0.356 e. The number of benzene rings is 1. The second-order valence-electron chi connectivity index (χ2n) is 4.61. The van der Waals surface area contributed by atoms with E-state index in [1.165, 1.54) is 12.1 Å². The van der Waals surface area contributed by atoms with Crippen LogP contribution >= 0.6 is 0 Å². The zero-order valence-electron chi connectivity index (χ0n) is 9.70. The molecule has 2 nitrogen and oxygen atoms in total. The maximum atomic E-state index is 12.6. The van der Waals surface area contributed by atoms with Gasteiger partial charge in [-0.1, -0.05) is 18.2 Å². The van der Waals surface area contributed by atoms with Crippen molar-refractivity contribution in [3.05, 3.63) is 35.4 Å². The van der Waals surface area contributed by atoms with Gasteiger partial charge in [0.2, 0.25) is 6.41 Å². The molecule has 0 radical (unpaired) electrons. The lowest BCUT2D eigenvalue weighted by molar-refractivity contribution is -0.137. The van der Waals surface area contributed by atoms with Crippen molar-refractivity contribution in [3.8, 4) is 0 Å². The summed E-state index contributed by atoms with van der Waals surface area (Å²) in [5.41, 5.74) is 0.104. The summed E-state index contributed by atoms with van der Waals surface area (Å²) in [5.74, 6) is 0.102. The zero-order valence-corrected chi connectivity index (χ0v) is 9.70. The number of alkyl halides is 3. The monoisotopic (exact) mass is 257 g/mol. The molecule has 18 heavy (non-hydrogen) atoms. The molecular weight excluding hydrogens is 243 g/mol. The minimum atomic E-state index is -4.30. The average Bonchev–Trinajstić information content (AvgIpc) is 2.77. The lowest BCUT2D eigenvalue weighted by Crippen LogP contribution is -2.24. The molecule has 98 valence electrons. The highest BCUT2D eigenvalue weighted by molar-refractivity contribution is 5.47. The predicted molar refractivity (Wildman–Crippen MR) is 61.0 cm³/mol. The quantitative estimate of drug-likeness (QED) is 0.828. The summed E-state index contributed by atoms with van der Waals surface area (Å²) in [7, 11) is 0. The minimum absolute atomic E-state index is 0.0852. The molecule has 1 saturated carbocycles. The Kier molecular flexibility index (Phi) is 3.59. The molecule has 1 aromatic rings. The first-order chi connectivity index (χ1) is 8.50. The van der Waals surface area contributed by atoms with E-state index in [0.29, 0.717) is 18.4 Å². The summed E-state index contributed by atoms with van der Waals surface area (Å²) in [6.45, 7) is 0. The summed E-state index contributed by atoms with van der Waals surface area (Å²) in [6.07, 6.45) is -1.30. The van der Waals surface area contributed by atoms with Gasteiger partial charge >= 0.3 is 6.18 Å². The summed E-state index contributed by atoms with van der Waals surface area (Å²) in [5, 5.41) is 2.69. The summed E-state index contributed by atoms with van der Waals surface area (Å²) >= 11 is 0. The Labute approximate surface area is 103 Å². The standard InChI is InChI=1S/C13H14F3NO/c14-13(15,16)11-3-1-2-9(6-11)10-4-5-12(7-10)17-8-18/h1-3,6,8,10,12H,4-5,7H2,(H,17,18). The number of hydrogen-bond donors (Lipinski definition) is 1. The molecule has 5 heteroatoms. The molecule has 2 atom stereocenters. The van der Waals surface area contributed by atoms with Crippen LogP contribution in [0, 0.1) is 0 Å². The third-order valence-corrected chi connectivity index (χ3v) is 3.42. The molecule has 1 aliphatic rings. The van der Waals surface area contributed by atoms with Gasteiger partial charge < -0.3 is 5.32 Å². The van der Waals surface area contributed by atoms with Crippen LogP contribution in [0.25, 0.3) is 0 Å². The molecule has 0 spiro atoms. The maximum absolute atomic E-state index is 12.6. The topological polar surface area (TPSA) is 29.1 Å². The molecule has 2 rings (SSSR count). The number of nitrogens with one attached hydrogen (secondary N) is 1. The van der Waals surface area contributed by atoms with Gasteiger partial charge in [-0.3, -0.25) is 4.79 Å². The van der Waals surface area contributed by atoms with Crippen molar-refractivity contribution < 1.29 is 18.0 Å². The van der Waals surface area contributed by atoms with Gasteiger partial charge in [0.25, 0.3) is 0 Å².